The van der Waals surface area contributed by atoms with Crippen LogP contribution in [0.25, 0.3) is 0 Å². The summed E-state index contributed by atoms with van der Waals surface area (Å²) in [7, 11) is 0. The molecule has 0 aliphatic carbocycles. The van der Waals surface area contributed by atoms with Gasteiger partial charge in [-0.2, -0.15) is 0 Å². The predicted octanol–water partition coefficient (Wildman–Crippen LogP) is 3.13. The van der Waals surface area contributed by atoms with E-state index in [4.69, 9.17) is 4.74 Å². The summed E-state index contributed by atoms with van der Waals surface area (Å²) in [5, 5.41) is 0. The van der Waals surface area contributed by atoms with Gasteiger partial charge in [0.15, 0.2) is 0 Å². The van der Waals surface area contributed by atoms with Gasteiger partial charge < -0.3 is 4.74 Å². The first-order chi connectivity index (χ1) is 6.60. The van der Waals surface area contributed by atoms with Gasteiger partial charge in [0, 0.05) is 0 Å². The number of hydrogen-bond acceptors (Lipinski definition) is 1. The highest BCUT2D eigenvalue weighted by Gasteiger charge is 2.40. The molecule has 0 amide bonds. The van der Waals surface area contributed by atoms with Crippen molar-refractivity contribution in [2.24, 2.45) is 5.92 Å². The summed E-state index contributed by atoms with van der Waals surface area (Å²) in [6, 6.07) is 8.85. The van der Waals surface area contributed by atoms with Crippen LogP contribution in [-0.4, -0.2) is 6.61 Å². The Hall–Kier alpha value is -0.820. The second-order valence-electron chi connectivity index (χ2n) is 4.81. The molecular formula is C13H18O. The van der Waals surface area contributed by atoms with Crippen LogP contribution >= 0.6 is 0 Å². The van der Waals surface area contributed by atoms with E-state index in [-0.39, 0.29) is 5.60 Å². The van der Waals surface area contributed by atoms with Gasteiger partial charge in [0.2, 0.25) is 0 Å². The molecule has 0 saturated carbocycles. The van der Waals surface area contributed by atoms with Crippen LogP contribution in [0, 0.1) is 5.92 Å². The average Bonchev–Trinajstić information content (AvgIpc) is 2.85. The molecular weight excluding hydrogens is 172 g/mol. The van der Waals surface area contributed by atoms with Gasteiger partial charge in [0.05, 0.1) is 6.61 Å². The summed E-state index contributed by atoms with van der Waals surface area (Å²) in [5.41, 5.74) is 2.76. The molecule has 1 fully saturated rings. The van der Waals surface area contributed by atoms with Crippen molar-refractivity contribution in [1.82, 2.24) is 0 Å². The molecule has 0 aromatic heterocycles. The maximum Gasteiger partial charge on any atom is 0.114 e. The molecule has 1 aromatic carbocycles. The normalized spacial score (nSPS) is 25.4. The first kappa shape index (κ1) is 9.72. The van der Waals surface area contributed by atoms with Crippen LogP contribution < -0.4 is 0 Å². The van der Waals surface area contributed by atoms with Crippen LogP contribution in [0.4, 0.5) is 0 Å². The second-order valence-corrected chi connectivity index (χ2v) is 4.81. The van der Waals surface area contributed by atoms with E-state index in [1.54, 1.807) is 0 Å². The zero-order valence-corrected chi connectivity index (χ0v) is 9.21. The summed E-state index contributed by atoms with van der Waals surface area (Å²) < 4.78 is 5.40. The van der Waals surface area contributed by atoms with E-state index < -0.39 is 0 Å². The van der Waals surface area contributed by atoms with Crippen molar-refractivity contribution in [3.8, 4) is 0 Å². The van der Waals surface area contributed by atoms with Crippen LogP contribution in [0.2, 0.25) is 0 Å². The van der Waals surface area contributed by atoms with Gasteiger partial charge in [-0.15, -0.1) is 0 Å². The van der Waals surface area contributed by atoms with E-state index >= 15 is 0 Å². The van der Waals surface area contributed by atoms with E-state index in [0.29, 0.717) is 0 Å². The lowest BCUT2D eigenvalue weighted by atomic mass is 9.97. The Morgan fingerprint density at radius 1 is 1.29 bits per heavy atom. The number of benzene rings is 1. The minimum absolute atomic E-state index is 0.0242. The third-order valence-electron chi connectivity index (χ3n) is 2.79. The molecule has 1 aromatic rings. The van der Waals surface area contributed by atoms with Crippen molar-refractivity contribution in [3.63, 3.8) is 0 Å². The lowest BCUT2D eigenvalue weighted by Crippen LogP contribution is -2.02. The molecule has 0 N–H and O–H groups in total. The zero-order chi connectivity index (χ0) is 10.2. The summed E-state index contributed by atoms with van der Waals surface area (Å²) >= 11 is 0. The Bertz CT molecular complexity index is 307. The minimum atomic E-state index is 0.0242. The van der Waals surface area contributed by atoms with Gasteiger partial charge in [0.1, 0.15) is 5.60 Å². The van der Waals surface area contributed by atoms with Crippen molar-refractivity contribution >= 4 is 0 Å². The van der Waals surface area contributed by atoms with E-state index in [9.17, 15) is 0 Å². The molecule has 14 heavy (non-hydrogen) atoms. The molecule has 1 heteroatoms. The summed E-state index contributed by atoms with van der Waals surface area (Å²) in [6.45, 7) is 7.51. The highest BCUT2D eigenvalue weighted by atomic mass is 16.6. The zero-order valence-electron chi connectivity index (χ0n) is 9.21. The number of epoxide rings is 1. The molecule has 1 aliphatic rings. The first-order valence-electron chi connectivity index (χ1n) is 5.33. The SMILES string of the molecule is CC(C)Cc1ccc(C2(C)CO2)cc1. The van der Waals surface area contributed by atoms with Gasteiger partial charge in [-0.1, -0.05) is 38.1 Å². The van der Waals surface area contributed by atoms with Crippen LogP contribution in [0.5, 0.6) is 0 Å². The Morgan fingerprint density at radius 2 is 1.86 bits per heavy atom. The highest BCUT2D eigenvalue weighted by molar-refractivity contribution is 5.29. The maximum atomic E-state index is 5.40. The first-order valence-corrected chi connectivity index (χ1v) is 5.33. The summed E-state index contributed by atoms with van der Waals surface area (Å²) in [5.74, 6) is 0.730. The number of hydrogen-bond donors (Lipinski definition) is 0. The molecule has 76 valence electrons. The molecule has 1 nitrogen and oxygen atoms in total. The topological polar surface area (TPSA) is 12.5 Å². The second kappa shape index (κ2) is 3.39. The molecule has 1 aliphatic heterocycles. The van der Waals surface area contributed by atoms with Crippen molar-refractivity contribution in [1.29, 1.82) is 0 Å². The third-order valence-corrected chi connectivity index (χ3v) is 2.79. The Kier molecular flexibility index (Phi) is 2.36. The molecule has 0 bridgehead atoms. The lowest BCUT2D eigenvalue weighted by Gasteiger charge is -2.08. The molecule has 1 unspecified atom stereocenters. The van der Waals surface area contributed by atoms with Gasteiger partial charge in [-0.25, -0.2) is 0 Å². The average molecular weight is 190 g/mol. The van der Waals surface area contributed by atoms with Crippen molar-refractivity contribution in [2.75, 3.05) is 6.61 Å². The lowest BCUT2D eigenvalue weighted by molar-refractivity contribution is 0.329. The van der Waals surface area contributed by atoms with Gasteiger partial charge in [0.25, 0.3) is 0 Å². The van der Waals surface area contributed by atoms with Crippen molar-refractivity contribution in [3.05, 3.63) is 35.4 Å². The smallest absolute Gasteiger partial charge is 0.114 e. The highest BCUT2D eigenvalue weighted by Crippen LogP contribution is 2.37. The van der Waals surface area contributed by atoms with Crippen LogP contribution in [0.15, 0.2) is 24.3 Å². The number of ether oxygens (including phenoxy) is 1. The monoisotopic (exact) mass is 190 g/mol. The Balaban J connectivity index is 2.10. The Morgan fingerprint density at radius 3 is 2.29 bits per heavy atom. The summed E-state index contributed by atoms with van der Waals surface area (Å²) in [6.07, 6.45) is 1.16. The van der Waals surface area contributed by atoms with Crippen LogP contribution in [-0.2, 0) is 16.8 Å². The van der Waals surface area contributed by atoms with Crippen LogP contribution in [0.3, 0.4) is 0 Å². The quantitative estimate of drug-likeness (QED) is 0.667. The van der Waals surface area contributed by atoms with Crippen molar-refractivity contribution in [2.45, 2.75) is 32.8 Å². The molecule has 1 atom stereocenters. The molecule has 1 heterocycles. The molecule has 0 spiro atoms. The molecule has 2 rings (SSSR count). The predicted molar refractivity (Wildman–Crippen MR) is 58.3 cm³/mol. The van der Waals surface area contributed by atoms with Crippen LogP contribution in [0.1, 0.15) is 31.9 Å². The largest absolute Gasteiger partial charge is 0.365 e. The van der Waals surface area contributed by atoms with Gasteiger partial charge in [-0.05, 0) is 30.4 Å². The fourth-order valence-electron chi connectivity index (χ4n) is 1.74. The standard InChI is InChI=1S/C13H18O/c1-10(2)8-11-4-6-12(7-5-11)13(3)9-14-13/h4-7,10H,8-9H2,1-3H3. The maximum absolute atomic E-state index is 5.40. The van der Waals surface area contributed by atoms with E-state index in [0.717, 1.165) is 18.9 Å². The van der Waals surface area contributed by atoms with Gasteiger partial charge >= 0.3 is 0 Å². The van der Waals surface area contributed by atoms with Crippen molar-refractivity contribution < 1.29 is 4.74 Å². The molecule has 0 radical (unpaired) electrons. The fraction of sp³-hybridized carbons (Fsp3) is 0.538. The Labute approximate surface area is 86.1 Å². The van der Waals surface area contributed by atoms with E-state index in [1.807, 2.05) is 0 Å². The van der Waals surface area contributed by atoms with E-state index in [1.165, 1.54) is 11.1 Å². The van der Waals surface area contributed by atoms with Gasteiger partial charge in [-0.3, -0.25) is 0 Å². The fourth-order valence-corrected chi connectivity index (χ4v) is 1.74. The minimum Gasteiger partial charge on any atom is -0.365 e. The number of rotatable bonds is 3. The summed E-state index contributed by atoms with van der Waals surface area (Å²) in [4.78, 5) is 0. The third kappa shape index (κ3) is 1.98. The molecule has 1 saturated heterocycles. The van der Waals surface area contributed by atoms with E-state index in [2.05, 4.69) is 45.0 Å².